The first-order valence-corrected chi connectivity index (χ1v) is 9.08. The second-order valence-electron chi connectivity index (χ2n) is 3.86. The summed E-state index contributed by atoms with van der Waals surface area (Å²) >= 11 is 7.65. The monoisotopic (exact) mass is 432 g/mol. The number of nitrogens with one attached hydrogen (secondary N) is 1. The van der Waals surface area contributed by atoms with Crippen LogP contribution in [0.2, 0.25) is 0 Å². The standard InChI is InChI=1S/C9H10Br2N2O4S2/c10-7-3-6(8(11)18-7)19(16,17)13-2-1-12-4-5(13)9(14)15/h3,5,12H,1-2,4H2,(H,14,15). The fourth-order valence-electron chi connectivity index (χ4n) is 1.81. The average Bonchev–Trinajstić information content (AvgIpc) is 2.69. The second-order valence-corrected chi connectivity index (χ2v) is 9.47. The van der Waals surface area contributed by atoms with Crippen molar-refractivity contribution in [2.75, 3.05) is 19.6 Å². The first-order valence-electron chi connectivity index (χ1n) is 5.24. The predicted molar refractivity (Wildman–Crippen MR) is 77.9 cm³/mol. The maximum Gasteiger partial charge on any atom is 0.323 e. The number of sulfonamides is 1. The molecule has 2 rings (SSSR count). The molecule has 0 aromatic carbocycles. The highest BCUT2D eigenvalue weighted by molar-refractivity contribution is 9.12. The van der Waals surface area contributed by atoms with Gasteiger partial charge in [0.05, 0.1) is 7.57 Å². The average molecular weight is 434 g/mol. The maximum absolute atomic E-state index is 12.5. The highest BCUT2D eigenvalue weighted by Gasteiger charge is 2.39. The zero-order chi connectivity index (χ0) is 14.2. The molecule has 0 spiro atoms. The molecule has 1 fully saturated rings. The zero-order valence-corrected chi connectivity index (χ0v) is 14.3. The molecule has 1 aromatic rings. The molecule has 1 saturated heterocycles. The number of piperazine rings is 1. The van der Waals surface area contributed by atoms with Gasteiger partial charge in [-0.05, 0) is 37.9 Å². The number of nitrogens with zero attached hydrogens (tertiary/aromatic N) is 1. The molecule has 1 unspecified atom stereocenters. The number of carboxylic acid groups (broad SMARTS) is 1. The third-order valence-electron chi connectivity index (χ3n) is 2.69. The fraction of sp³-hybridized carbons (Fsp3) is 0.444. The van der Waals surface area contributed by atoms with Gasteiger partial charge < -0.3 is 10.4 Å². The smallest absolute Gasteiger partial charge is 0.323 e. The van der Waals surface area contributed by atoms with E-state index in [0.29, 0.717) is 14.1 Å². The van der Waals surface area contributed by atoms with Crippen molar-refractivity contribution < 1.29 is 18.3 Å². The summed E-state index contributed by atoms with van der Waals surface area (Å²) in [6, 6.07) is 0.398. The van der Waals surface area contributed by atoms with E-state index in [1.165, 1.54) is 17.4 Å². The van der Waals surface area contributed by atoms with Crippen molar-refractivity contribution in [2.45, 2.75) is 10.9 Å². The summed E-state index contributed by atoms with van der Waals surface area (Å²) in [4.78, 5) is 11.3. The van der Waals surface area contributed by atoms with Crippen LogP contribution in [0.4, 0.5) is 0 Å². The number of halogens is 2. The van der Waals surface area contributed by atoms with Crippen molar-refractivity contribution in [1.82, 2.24) is 9.62 Å². The number of aliphatic carboxylic acids is 1. The number of hydrogen-bond acceptors (Lipinski definition) is 5. The van der Waals surface area contributed by atoms with Crippen molar-refractivity contribution in [3.8, 4) is 0 Å². The molecule has 0 radical (unpaired) electrons. The lowest BCUT2D eigenvalue weighted by molar-refractivity contribution is -0.141. The van der Waals surface area contributed by atoms with Crippen LogP contribution in [0, 0.1) is 0 Å². The van der Waals surface area contributed by atoms with Gasteiger partial charge in [-0.2, -0.15) is 4.31 Å². The Labute approximate surface area is 131 Å². The van der Waals surface area contributed by atoms with E-state index in [1.54, 1.807) is 0 Å². The van der Waals surface area contributed by atoms with E-state index >= 15 is 0 Å². The van der Waals surface area contributed by atoms with Crippen LogP contribution in [-0.2, 0) is 14.8 Å². The minimum Gasteiger partial charge on any atom is -0.480 e. The summed E-state index contributed by atoms with van der Waals surface area (Å²) in [5.41, 5.74) is 0. The SMILES string of the molecule is O=C(O)C1CNCCN1S(=O)(=O)c1cc(Br)sc1Br. The Morgan fingerprint density at radius 3 is 2.74 bits per heavy atom. The van der Waals surface area contributed by atoms with Gasteiger partial charge in [0.2, 0.25) is 10.0 Å². The third-order valence-corrected chi connectivity index (χ3v) is 7.35. The lowest BCUT2D eigenvalue weighted by Crippen LogP contribution is -2.56. The van der Waals surface area contributed by atoms with E-state index in [-0.39, 0.29) is 18.0 Å². The molecule has 6 nitrogen and oxygen atoms in total. The number of hydrogen-bond donors (Lipinski definition) is 2. The molecule has 1 aromatic heterocycles. The van der Waals surface area contributed by atoms with E-state index in [9.17, 15) is 13.2 Å². The minimum atomic E-state index is -3.82. The van der Waals surface area contributed by atoms with Gasteiger partial charge in [0.25, 0.3) is 0 Å². The van der Waals surface area contributed by atoms with Gasteiger partial charge in [-0.15, -0.1) is 11.3 Å². The molecule has 10 heteroatoms. The number of carbonyl (C=O) groups is 1. The van der Waals surface area contributed by atoms with Gasteiger partial charge in [-0.3, -0.25) is 4.79 Å². The Balaban J connectivity index is 2.43. The van der Waals surface area contributed by atoms with Crippen molar-refractivity contribution >= 4 is 59.2 Å². The van der Waals surface area contributed by atoms with E-state index in [0.717, 1.165) is 4.31 Å². The van der Waals surface area contributed by atoms with Crippen LogP contribution >= 0.6 is 43.2 Å². The number of carboxylic acids is 1. The van der Waals surface area contributed by atoms with Gasteiger partial charge in [-0.1, -0.05) is 0 Å². The van der Waals surface area contributed by atoms with Crippen LogP contribution in [0.25, 0.3) is 0 Å². The van der Waals surface area contributed by atoms with Gasteiger partial charge in [0.15, 0.2) is 0 Å². The van der Waals surface area contributed by atoms with E-state index in [2.05, 4.69) is 37.2 Å². The molecule has 0 amide bonds. The van der Waals surface area contributed by atoms with Crippen LogP contribution in [0.15, 0.2) is 18.5 Å². The van der Waals surface area contributed by atoms with Crippen molar-refractivity contribution in [2.24, 2.45) is 0 Å². The number of rotatable bonds is 3. The summed E-state index contributed by atoms with van der Waals surface area (Å²) in [5, 5.41) is 12.0. The Bertz CT molecular complexity index is 601. The topological polar surface area (TPSA) is 86.7 Å². The molecule has 1 aliphatic heterocycles. The van der Waals surface area contributed by atoms with Crippen LogP contribution in [-0.4, -0.2) is 49.5 Å². The van der Waals surface area contributed by atoms with Gasteiger partial charge >= 0.3 is 5.97 Å². The Morgan fingerprint density at radius 2 is 2.21 bits per heavy atom. The molecular formula is C9H10Br2N2O4S2. The first-order chi connectivity index (χ1) is 8.84. The molecule has 1 aliphatic rings. The molecule has 106 valence electrons. The van der Waals surface area contributed by atoms with Crippen molar-refractivity contribution in [3.63, 3.8) is 0 Å². The van der Waals surface area contributed by atoms with Crippen molar-refractivity contribution in [1.29, 1.82) is 0 Å². The predicted octanol–water partition coefficient (Wildman–Crippen LogP) is 1.32. The largest absolute Gasteiger partial charge is 0.480 e. The lowest BCUT2D eigenvalue weighted by Gasteiger charge is -2.32. The lowest BCUT2D eigenvalue weighted by atomic mass is 10.2. The van der Waals surface area contributed by atoms with Gasteiger partial charge in [0.1, 0.15) is 10.9 Å². The second kappa shape index (κ2) is 5.78. The molecule has 0 aliphatic carbocycles. The number of thiophene rings is 1. The van der Waals surface area contributed by atoms with Crippen LogP contribution in [0.1, 0.15) is 0 Å². The third kappa shape index (κ3) is 3.03. The Hall–Kier alpha value is -0.000000000000000333. The van der Waals surface area contributed by atoms with E-state index in [4.69, 9.17) is 5.11 Å². The molecule has 2 N–H and O–H groups in total. The molecule has 0 bridgehead atoms. The molecule has 19 heavy (non-hydrogen) atoms. The fourth-order valence-corrected chi connectivity index (χ4v) is 7.16. The van der Waals surface area contributed by atoms with Crippen LogP contribution < -0.4 is 5.32 Å². The molecular weight excluding hydrogens is 424 g/mol. The first kappa shape index (κ1) is 15.4. The summed E-state index contributed by atoms with van der Waals surface area (Å²) < 4.78 is 27.2. The minimum absolute atomic E-state index is 0.0949. The Morgan fingerprint density at radius 1 is 1.53 bits per heavy atom. The van der Waals surface area contributed by atoms with Crippen molar-refractivity contribution in [3.05, 3.63) is 13.6 Å². The molecule has 2 heterocycles. The summed E-state index contributed by atoms with van der Waals surface area (Å²) in [5.74, 6) is -1.15. The normalized spacial score (nSPS) is 21.5. The van der Waals surface area contributed by atoms with E-state index in [1.807, 2.05) is 0 Å². The Kier molecular flexibility index (Phi) is 4.68. The zero-order valence-electron chi connectivity index (χ0n) is 9.47. The molecule has 0 saturated carbocycles. The maximum atomic E-state index is 12.5. The highest BCUT2D eigenvalue weighted by atomic mass is 79.9. The molecule has 1 atom stereocenters. The van der Waals surface area contributed by atoms with Gasteiger partial charge in [-0.25, -0.2) is 8.42 Å². The quantitative estimate of drug-likeness (QED) is 0.750. The summed E-state index contributed by atoms with van der Waals surface area (Å²) in [6.45, 7) is 0.683. The van der Waals surface area contributed by atoms with Crippen LogP contribution in [0.3, 0.4) is 0 Å². The van der Waals surface area contributed by atoms with Crippen LogP contribution in [0.5, 0.6) is 0 Å². The van der Waals surface area contributed by atoms with E-state index < -0.39 is 22.0 Å². The highest BCUT2D eigenvalue weighted by Crippen LogP contribution is 2.36. The summed E-state index contributed by atoms with van der Waals surface area (Å²) in [7, 11) is -3.82. The van der Waals surface area contributed by atoms with Gasteiger partial charge in [0, 0.05) is 19.6 Å². The summed E-state index contributed by atoms with van der Waals surface area (Å²) in [6.07, 6.45) is 0.